The van der Waals surface area contributed by atoms with Gasteiger partial charge in [0.2, 0.25) is 6.43 Å². The van der Waals surface area contributed by atoms with Gasteiger partial charge in [-0.25, -0.2) is 8.78 Å². The highest BCUT2D eigenvalue weighted by Gasteiger charge is 2.17. The number of hydrogen-bond acceptors (Lipinski definition) is 1. The lowest BCUT2D eigenvalue weighted by molar-refractivity contribution is 0.0894. The van der Waals surface area contributed by atoms with Gasteiger partial charge in [-0.3, -0.25) is 0 Å². The van der Waals surface area contributed by atoms with Crippen LogP contribution in [0.3, 0.4) is 0 Å². The summed E-state index contributed by atoms with van der Waals surface area (Å²) in [7, 11) is 0. The van der Waals surface area contributed by atoms with Crippen LogP contribution in [0.1, 0.15) is 24.8 Å². The Morgan fingerprint density at radius 1 is 1.11 bits per heavy atom. The molecule has 0 amide bonds. The molecule has 0 heterocycles. The van der Waals surface area contributed by atoms with Crippen LogP contribution in [-0.4, -0.2) is 17.6 Å². The molecule has 0 radical (unpaired) electrons. The number of benzene rings is 1. The van der Waals surface area contributed by atoms with E-state index in [1.807, 2.05) is 30.3 Å². The van der Waals surface area contributed by atoms with E-state index in [0.717, 1.165) is 12.0 Å². The molecular formula is C15H20F2O. The average molecular weight is 254 g/mol. The number of halogens is 2. The van der Waals surface area contributed by atoms with Crippen molar-refractivity contribution in [2.75, 3.05) is 0 Å². The minimum atomic E-state index is -2.31. The van der Waals surface area contributed by atoms with E-state index in [0.29, 0.717) is 6.42 Å². The molecule has 1 aromatic rings. The Kier molecular flexibility index (Phi) is 6.58. The van der Waals surface area contributed by atoms with Gasteiger partial charge in [-0.1, -0.05) is 36.4 Å². The quantitative estimate of drug-likeness (QED) is 0.699. The molecule has 0 aliphatic heterocycles. The summed E-state index contributed by atoms with van der Waals surface area (Å²) in [6.07, 6.45) is 0.106. The van der Waals surface area contributed by atoms with Crippen LogP contribution in [0.15, 0.2) is 43.0 Å². The lowest BCUT2D eigenvalue weighted by Crippen LogP contribution is -2.20. The van der Waals surface area contributed by atoms with Crippen molar-refractivity contribution in [3.8, 4) is 0 Å². The van der Waals surface area contributed by atoms with Gasteiger partial charge >= 0.3 is 0 Å². The first kappa shape index (κ1) is 14.8. The van der Waals surface area contributed by atoms with Crippen molar-refractivity contribution < 1.29 is 13.9 Å². The van der Waals surface area contributed by atoms with Crippen molar-refractivity contribution in [3.05, 3.63) is 48.6 Å². The van der Waals surface area contributed by atoms with Gasteiger partial charge in [-0.05, 0) is 24.8 Å². The van der Waals surface area contributed by atoms with E-state index in [1.54, 1.807) is 6.08 Å². The van der Waals surface area contributed by atoms with Crippen molar-refractivity contribution >= 4 is 0 Å². The summed E-state index contributed by atoms with van der Waals surface area (Å²) < 4.78 is 24.3. The normalized spacial score (nSPS) is 14.4. The lowest BCUT2D eigenvalue weighted by atomic mass is 9.92. The molecule has 0 aliphatic carbocycles. The van der Waals surface area contributed by atoms with Gasteiger partial charge in [-0.15, -0.1) is 6.58 Å². The lowest BCUT2D eigenvalue weighted by Gasteiger charge is -2.19. The van der Waals surface area contributed by atoms with E-state index in [-0.39, 0.29) is 18.8 Å². The Bertz CT molecular complexity index is 338. The fourth-order valence-electron chi connectivity index (χ4n) is 1.96. The topological polar surface area (TPSA) is 20.2 Å². The van der Waals surface area contributed by atoms with E-state index in [2.05, 4.69) is 6.58 Å². The Morgan fingerprint density at radius 3 is 2.33 bits per heavy atom. The van der Waals surface area contributed by atoms with Crippen LogP contribution in [-0.2, 0) is 6.42 Å². The molecule has 1 N–H and O–H groups in total. The summed E-state index contributed by atoms with van der Waals surface area (Å²) in [5, 5.41) is 9.97. The largest absolute Gasteiger partial charge is 0.393 e. The monoisotopic (exact) mass is 254 g/mol. The van der Waals surface area contributed by atoms with Crippen LogP contribution in [0.25, 0.3) is 0 Å². The van der Waals surface area contributed by atoms with Crippen molar-refractivity contribution in [1.29, 1.82) is 0 Å². The van der Waals surface area contributed by atoms with Crippen LogP contribution in [0.5, 0.6) is 0 Å². The van der Waals surface area contributed by atoms with E-state index >= 15 is 0 Å². The number of aliphatic hydroxyl groups is 1. The molecule has 1 nitrogen and oxygen atoms in total. The summed E-state index contributed by atoms with van der Waals surface area (Å²) in [5.74, 6) is -0.247. The maximum atomic E-state index is 12.1. The van der Waals surface area contributed by atoms with Gasteiger partial charge in [0.1, 0.15) is 0 Å². The molecule has 0 aromatic heterocycles. The summed E-state index contributed by atoms with van der Waals surface area (Å²) in [6.45, 7) is 3.61. The van der Waals surface area contributed by atoms with Gasteiger partial charge in [-0.2, -0.15) is 0 Å². The molecule has 1 aromatic carbocycles. The molecule has 0 saturated carbocycles. The van der Waals surface area contributed by atoms with E-state index < -0.39 is 12.5 Å². The minimum Gasteiger partial charge on any atom is -0.393 e. The Hall–Kier alpha value is -1.22. The number of aliphatic hydroxyl groups excluding tert-OH is 1. The molecule has 1 rings (SSSR count). The van der Waals surface area contributed by atoms with Gasteiger partial charge in [0.25, 0.3) is 0 Å². The second kappa shape index (κ2) is 7.98. The van der Waals surface area contributed by atoms with E-state index in [4.69, 9.17) is 0 Å². The fourth-order valence-corrected chi connectivity index (χ4v) is 1.96. The molecular weight excluding hydrogens is 234 g/mol. The molecule has 3 heteroatoms. The van der Waals surface area contributed by atoms with Crippen LogP contribution in [0.2, 0.25) is 0 Å². The summed E-state index contributed by atoms with van der Waals surface area (Å²) in [6, 6.07) is 9.83. The minimum absolute atomic E-state index is 0.181. The highest BCUT2D eigenvalue weighted by molar-refractivity contribution is 5.14. The Labute approximate surface area is 107 Å². The maximum Gasteiger partial charge on any atom is 0.238 e. The third-order valence-electron chi connectivity index (χ3n) is 3.09. The summed E-state index contributed by atoms with van der Waals surface area (Å²) in [4.78, 5) is 0. The smallest absolute Gasteiger partial charge is 0.238 e. The van der Waals surface area contributed by atoms with Crippen molar-refractivity contribution in [1.82, 2.24) is 0 Å². The molecule has 0 unspecified atom stereocenters. The van der Waals surface area contributed by atoms with Crippen LogP contribution in [0, 0.1) is 5.92 Å². The van der Waals surface area contributed by atoms with Crippen molar-refractivity contribution in [2.24, 2.45) is 5.92 Å². The van der Waals surface area contributed by atoms with E-state index in [1.165, 1.54) is 0 Å². The first-order valence-electron chi connectivity index (χ1n) is 6.26. The highest BCUT2D eigenvalue weighted by Crippen LogP contribution is 2.19. The molecule has 0 fully saturated rings. The van der Waals surface area contributed by atoms with Gasteiger partial charge in [0.05, 0.1) is 6.10 Å². The predicted molar refractivity (Wildman–Crippen MR) is 69.7 cm³/mol. The van der Waals surface area contributed by atoms with Crippen molar-refractivity contribution in [2.45, 2.75) is 38.2 Å². The van der Waals surface area contributed by atoms with E-state index in [9.17, 15) is 13.9 Å². The van der Waals surface area contributed by atoms with Crippen LogP contribution < -0.4 is 0 Å². The fraction of sp³-hybridized carbons (Fsp3) is 0.467. The van der Waals surface area contributed by atoms with Gasteiger partial charge in [0.15, 0.2) is 0 Å². The molecule has 2 atom stereocenters. The maximum absolute atomic E-state index is 12.1. The molecule has 100 valence electrons. The molecule has 0 bridgehead atoms. The summed E-state index contributed by atoms with van der Waals surface area (Å²) >= 11 is 0. The molecule has 0 saturated heterocycles. The highest BCUT2D eigenvalue weighted by atomic mass is 19.3. The third kappa shape index (κ3) is 5.41. The van der Waals surface area contributed by atoms with Crippen LogP contribution >= 0.6 is 0 Å². The van der Waals surface area contributed by atoms with Crippen molar-refractivity contribution in [3.63, 3.8) is 0 Å². The molecule has 0 aliphatic rings. The van der Waals surface area contributed by atoms with Gasteiger partial charge in [0, 0.05) is 12.3 Å². The zero-order valence-electron chi connectivity index (χ0n) is 10.4. The SMILES string of the molecule is C=C[C@H](CCC(F)F)[C@H](O)CCc1ccccc1. The second-order valence-electron chi connectivity index (χ2n) is 4.46. The zero-order valence-corrected chi connectivity index (χ0v) is 10.4. The first-order chi connectivity index (χ1) is 8.63. The van der Waals surface area contributed by atoms with Gasteiger partial charge < -0.3 is 5.11 Å². The number of hydrogen-bond donors (Lipinski definition) is 1. The first-order valence-corrected chi connectivity index (χ1v) is 6.26. The predicted octanol–water partition coefficient (Wildman–Crippen LogP) is 3.83. The van der Waals surface area contributed by atoms with Crippen LogP contribution in [0.4, 0.5) is 8.78 Å². The number of alkyl halides is 2. The zero-order chi connectivity index (χ0) is 13.4. The average Bonchev–Trinajstić information content (AvgIpc) is 2.38. The molecule has 0 spiro atoms. The second-order valence-corrected chi connectivity index (χ2v) is 4.46. The standard InChI is InChI=1S/C15H20F2O/c1-2-13(9-11-15(16)17)14(18)10-8-12-6-4-3-5-7-12/h2-7,13-15,18H,1,8-11H2/t13-,14-/m1/s1. The summed E-state index contributed by atoms with van der Waals surface area (Å²) in [5.41, 5.74) is 1.15. The number of aryl methyl sites for hydroxylation is 1. The Morgan fingerprint density at radius 2 is 1.78 bits per heavy atom. The Balaban J connectivity index is 2.37. The third-order valence-corrected chi connectivity index (χ3v) is 3.09. The number of rotatable bonds is 8. The molecule has 18 heavy (non-hydrogen) atoms.